The molecule has 462 valence electrons. The Kier molecular flexibility index (Phi) is 65.2. The second-order valence-corrected chi connectivity index (χ2v) is 23.1. The standard InChI is InChI=1S/C74H130O6/c1-4-7-10-13-16-19-22-24-26-28-29-30-31-32-33-34-35-36-37-38-39-40-41-42-43-44-45-47-48-50-52-55-58-61-64-67-73(76)79-70-71(69-78-72(75)66-63-60-57-54-21-18-15-12-9-6-3)80-74(77)68-65-62-59-56-53-51-49-46-27-25-23-20-17-14-11-8-5-2/h8,11-12,15,17,20,25,27-29,49,51,56,59,71H,4-7,9-10,13-14,16,18-19,21-24,26,30-48,50,52-55,57-58,60-70H2,1-3H3/b11-8-,15-12-,20-17-,27-25-,29-28-,51-49-,59-56-. The Bertz CT molecular complexity index is 1520. The third kappa shape index (κ3) is 65.4. The van der Waals surface area contributed by atoms with Crippen LogP contribution in [0.15, 0.2) is 85.1 Å². The van der Waals surface area contributed by atoms with E-state index >= 15 is 0 Å². The first-order chi connectivity index (χ1) is 39.5. The van der Waals surface area contributed by atoms with Crippen LogP contribution in [0.25, 0.3) is 0 Å². The lowest BCUT2D eigenvalue weighted by Crippen LogP contribution is -2.30. The number of hydrogen-bond donors (Lipinski definition) is 0. The van der Waals surface area contributed by atoms with Crippen LogP contribution in [0.5, 0.6) is 0 Å². The average molecular weight is 1120 g/mol. The van der Waals surface area contributed by atoms with Gasteiger partial charge in [-0.1, -0.05) is 311 Å². The fourth-order valence-corrected chi connectivity index (χ4v) is 9.95. The Hall–Kier alpha value is -3.41. The molecule has 0 aliphatic carbocycles. The van der Waals surface area contributed by atoms with Gasteiger partial charge in [0.05, 0.1) is 0 Å². The van der Waals surface area contributed by atoms with Crippen molar-refractivity contribution in [3.8, 4) is 0 Å². The van der Waals surface area contributed by atoms with Gasteiger partial charge in [-0.3, -0.25) is 14.4 Å². The van der Waals surface area contributed by atoms with Crippen LogP contribution in [0.4, 0.5) is 0 Å². The molecule has 0 aromatic heterocycles. The van der Waals surface area contributed by atoms with Gasteiger partial charge in [0.15, 0.2) is 6.10 Å². The summed E-state index contributed by atoms with van der Waals surface area (Å²) in [6.45, 7) is 6.44. The van der Waals surface area contributed by atoms with Crippen molar-refractivity contribution in [3.63, 3.8) is 0 Å². The van der Waals surface area contributed by atoms with Crippen molar-refractivity contribution in [1.29, 1.82) is 0 Å². The third-order valence-corrected chi connectivity index (χ3v) is 15.1. The summed E-state index contributed by atoms with van der Waals surface area (Å²) in [6, 6.07) is 0. The minimum atomic E-state index is -0.809. The highest BCUT2D eigenvalue weighted by Gasteiger charge is 2.19. The summed E-state index contributed by atoms with van der Waals surface area (Å²) in [5, 5.41) is 0. The van der Waals surface area contributed by atoms with Gasteiger partial charge in [0.2, 0.25) is 0 Å². The number of esters is 3. The van der Waals surface area contributed by atoms with Gasteiger partial charge in [0.25, 0.3) is 0 Å². The smallest absolute Gasteiger partial charge is 0.306 e. The van der Waals surface area contributed by atoms with Gasteiger partial charge in [-0.15, -0.1) is 0 Å². The molecule has 1 atom stereocenters. The van der Waals surface area contributed by atoms with Gasteiger partial charge in [-0.05, 0) is 103 Å². The molecule has 0 rings (SSSR count). The summed E-state index contributed by atoms with van der Waals surface area (Å²) in [6.07, 6.45) is 90.8. The number of rotatable bonds is 63. The van der Waals surface area contributed by atoms with Crippen LogP contribution in [-0.2, 0) is 28.6 Å². The molecular formula is C74H130O6. The largest absolute Gasteiger partial charge is 0.462 e. The number of carbonyl (C=O) groups is 3. The monoisotopic (exact) mass is 1110 g/mol. The lowest BCUT2D eigenvalue weighted by atomic mass is 10.0. The highest BCUT2D eigenvalue weighted by Crippen LogP contribution is 2.18. The number of unbranched alkanes of at least 4 members (excludes halogenated alkanes) is 38. The van der Waals surface area contributed by atoms with E-state index in [-0.39, 0.29) is 37.5 Å². The molecule has 0 aromatic rings. The molecule has 6 nitrogen and oxygen atoms in total. The molecule has 0 bridgehead atoms. The van der Waals surface area contributed by atoms with Crippen LogP contribution in [0.1, 0.15) is 348 Å². The molecule has 0 aliphatic heterocycles. The zero-order chi connectivity index (χ0) is 57.8. The molecule has 0 fully saturated rings. The van der Waals surface area contributed by atoms with Gasteiger partial charge in [-0.25, -0.2) is 0 Å². The first kappa shape index (κ1) is 76.6. The van der Waals surface area contributed by atoms with Crippen molar-refractivity contribution in [2.75, 3.05) is 13.2 Å². The highest BCUT2D eigenvalue weighted by molar-refractivity contribution is 5.71. The second-order valence-electron chi connectivity index (χ2n) is 23.1. The van der Waals surface area contributed by atoms with Gasteiger partial charge in [0.1, 0.15) is 13.2 Å². The molecule has 0 aromatic carbocycles. The van der Waals surface area contributed by atoms with E-state index in [1.54, 1.807) is 0 Å². The van der Waals surface area contributed by atoms with E-state index in [0.29, 0.717) is 19.3 Å². The summed E-state index contributed by atoms with van der Waals surface area (Å²) in [5.41, 5.74) is 0. The highest BCUT2D eigenvalue weighted by atomic mass is 16.6. The number of hydrogen-bond acceptors (Lipinski definition) is 6. The first-order valence-corrected chi connectivity index (χ1v) is 34.6. The average Bonchev–Trinajstić information content (AvgIpc) is 3.46. The van der Waals surface area contributed by atoms with Crippen LogP contribution in [-0.4, -0.2) is 37.2 Å². The Balaban J connectivity index is 4.07. The summed E-state index contributed by atoms with van der Waals surface area (Å²) >= 11 is 0. The molecule has 0 heterocycles. The molecule has 0 saturated carbocycles. The predicted octanol–water partition coefficient (Wildman–Crippen LogP) is 23.8. The maximum absolute atomic E-state index is 12.8. The van der Waals surface area contributed by atoms with E-state index in [1.165, 1.54) is 205 Å². The minimum Gasteiger partial charge on any atom is -0.462 e. The first-order valence-electron chi connectivity index (χ1n) is 34.6. The van der Waals surface area contributed by atoms with Crippen LogP contribution >= 0.6 is 0 Å². The number of carbonyl (C=O) groups excluding carboxylic acids is 3. The molecule has 1 unspecified atom stereocenters. The molecule has 0 aliphatic rings. The summed E-state index contributed by atoms with van der Waals surface area (Å²) in [7, 11) is 0. The topological polar surface area (TPSA) is 78.9 Å². The molecule has 0 N–H and O–H groups in total. The predicted molar refractivity (Wildman–Crippen MR) is 348 cm³/mol. The van der Waals surface area contributed by atoms with Crippen molar-refractivity contribution < 1.29 is 28.6 Å². The number of ether oxygens (including phenoxy) is 3. The van der Waals surface area contributed by atoms with Gasteiger partial charge in [0, 0.05) is 19.3 Å². The Morgan fingerprint density at radius 3 is 0.863 bits per heavy atom. The number of allylic oxidation sites excluding steroid dienone is 14. The summed E-state index contributed by atoms with van der Waals surface area (Å²) in [5.74, 6) is -0.958. The maximum Gasteiger partial charge on any atom is 0.306 e. The zero-order valence-corrected chi connectivity index (χ0v) is 53.1. The van der Waals surface area contributed by atoms with Crippen molar-refractivity contribution in [2.24, 2.45) is 0 Å². The van der Waals surface area contributed by atoms with E-state index < -0.39 is 6.10 Å². The van der Waals surface area contributed by atoms with E-state index in [4.69, 9.17) is 14.2 Å². The summed E-state index contributed by atoms with van der Waals surface area (Å²) in [4.78, 5) is 38.2. The fourth-order valence-electron chi connectivity index (χ4n) is 9.95. The SMILES string of the molecule is CC/C=C\C/C=C\C/C=C\C/C=C\C/C=C\CCCC(=O)OC(COC(=O)CCCCCCC/C=C\CCC)COC(=O)CCCCCCCCCCCCCCCCCCCCCCCCC/C=C\CCCCCCCCCC. The van der Waals surface area contributed by atoms with Gasteiger partial charge < -0.3 is 14.2 Å². The van der Waals surface area contributed by atoms with E-state index in [1.807, 2.05) is 0 Å². The third-order valence-electron chi connectivity index (χ3n) is 15.1. The summed E-state index contributed by atoms with van der Waals surface area (Å²) < 4.78 is 16.8. The Morgan fingerprint density at radius 1 is 0.263 bits per heavy atom. The lowest BCUT2D eigenvalue weighted by molar-refractivity contribution is -0.167. The van der Waals surface area contributed by atoms with Gasteiger partial charge >= 0.3 is 17.9 Å². The molecule has 0 radical (unpaired) electrons. The molecule has 80 heavy (non-hydrogen) atoms. The van der Waals surface area contributed by atoms with Crippen molar-refractivity contribution in [2.45, 2.75) is 354 Å². The molecule has 0 spiro atoms. The normalized spacial score (nSPS) is 12.6. The van der Waals surface area contributed by atoms with Crippen LogP contribution < -0.4 is 0 Å². The van der Waals surface area contributed by atoms with Gasteiger partial charge in [-0.2, -0.15) is 0 Å². The van der Waals surface area contributed by atoms with Crippen molar-refractivity contribution in [3.05, 3.63) is 85.1 Å². The Labute approximate surface area is 496 Å². The minimum absolute atomic E-state index is 0.0994. The second kappa shape index (κ2) is 68.1. The molecule has 6 heteroatoms. The van der Waals surface area contributed by atoms with Crippen LogP contribution in [0.3, 0.4) is 0 Å². The zero-order valence-electron chi connectivity index (χ0n) is 53.1. The van der Waals surface area contributed by atoms with Crippen molar-refractivity contribution in [1.82, 2.24) is 0 Å². The van der Waals surface area contributed by atoms with E-state index in [0.717, 1.165) is 96.3 Å². The quantitative estimate of drug-likeness (QED) is 0.0261. The van der Waals surface area contributed by atoms with Crippen molar-refractivity contribution >= 4 is 17.9 Å². The van der Waals surface area contributed by atoms with E-state index in [2.05, 4.69) is 106 Å². The molecule has 0 saturated heterocycles. The fraction of sp³-hybridized carbons (Fsp3) is 0.770. The lowest BCUT2D eigenvalue weighted by Gasteiger charge is -2.18. The molecule has 0 amide bonds. The maximum atomic E-state index is 12.8. The van der Waals surface area contributed by atoms with Crippen LogP contribution in [0.2, 0.25) is 0 Å². The van der Waals surface area contributed by atoms with Crippen LogP contribution in [0, 0.1) is 0 Å². The molecular weight excluding hydrogens is 985 g/mol. The Morgan fingerprint density at radius 2 is 0.525 bits per heavy atom. The van der Waals surface area contributed by atoms with E-state index in [9.17, 15) is 14.4 Å².